The Kier molecular flexibility index (Phi) is 4.54. The molecule has 0 aliphatic heterocycles. The van der Waals surface area contributed by atoms with Gasteiger partial charge in [0.1, 0.15) is 0 Å². The summed E-state index contributed by atoms with van der Waals surface area (Å²) >= 11 is 0. The number of hydrogen-bond acceptors (Lipinski definition) is 4. The Morgan fingerprint density at radius 2 is 2.16 bits per heavy atom. The molecule has 1 unspecified atom stereocenters. The average molecular weight is 283 g/mol. The van der Waals surface area contributed by atoms with Crippen LogP contribution in [0.25, 0.3) is 0 Å². The van der Waals surface area contributed by atoms with Gasteiger partial charge in [0.15, 0.2) is 5.03 Å². The zero-order chi connectivity index (χ0) is 13.9. The lowest BCUT2D eigenvalue weighted by Crippen LogP contribution is -2.34. The predicted molar refractivity (Wildman–Crippen MR) is 74.1 cm³/mol. The summed E-state index contributed by atoms with van der Waals surface area (Å²) in [5.41, 5.74) is 0.982. The van der Waals surface area contributed by atoms with Crippen LogP contribution in [0.15, 0.2) is 23.4 Å². The number of rotatable bonds is 7. The second kappa shape index (κ2) is 5.98. The van der Waals surface area contributed by atoms with Gasteiger partial charge in [-0.1, -0.05) is 13.0 Å². The molecule has 5 nitrogen and oxygen atoms in total. The van der Waals surface area contributed by atoms with Crippen LogP contribution in [0.5, 0.6) is 0 Å². The van der Waals surface area contributed by atoms with E-state index in [0.717, 1.165) is 24.9 Å². The molecular formula is C13H21N3O2S. The maximum Gasteiger partial charge on any atom is 0.258 e. The fraction of sp³-hybridized carbons (Fsp3) is 0.615. The molecule has 19 heavy (non-hydrogen) atoms. The number of hydrogen-bond donors (Lipinski definition) is 2. The average Bonchev–Trinajstić information content (AvgIpc) is 3.20. The van der Waals surface area contributed by atoms with Crippen LogP contribution >= 0.6 is 0 Å². The van der Waals surface area contributed by atoms with Crippen molar-refractivity contribution in [2.45, 2.75) is 44.3 Å². The Morgan fingerprint density at radius 1 is 1.42 bits per heavy atom. The minimum Gasteiger partial charge on any atom is -0.313 e. The molecule has 1 heterocycles. The molecule has 0 spiro atoms. The van der Waals surface area contributed by atoms with Gasteiger partial charge in [0.2, 0.25) is 0 Å². The molecule has 1 fully saturated rings. The van der Waals surface area contributed by atoms with E-state index in [1.54, 1.807) is 18.3 Å². The summed E-state index contributed by atoms with van der Waals surface area (Å²) in [4.78, 5) is 4.05. The minimum absolute atomic E-state index is 0.00626. The summed E-state index contributed by atoms with van der Waals surface area (Å²) in [6.07, 6.45) is 3.83. The Bertz CT molecular complexity index is 509. The fourth-order valence-corrected chi connectivity index (χ4v) is 3.18. The van der Waals surface area contributed by atoms with Crippen LogP contribution < -0.4 is 10.0 Å². The molecule has 1 atom stereocenters. The molecule has 0 radical (unpaired) electrons. The molecular weight excluding hydrogens is 262 g/mol. The van der Waals surface area contributed by atoms with Gasteiger partial charge >= 0.3 is 0 Å². The molecule has 2 N–H and O–H groups in total. The van der Waals surface area contributed by atoms with E-state index in [2.05, 4.69) is 15.0 Å². The standard InChI is InChI=1S/C13H21N3O2S/c1-3-14-8-11-4-7-13(15-9-11)19(17,18)16-10(2)12-5-6-12/h4,7,9-10,12,14,16H,3,5-6,8H2,1-2H3. The van der Waals surface area contributed by atoms with Crippen molar-refractivity contribution in [2.24, 2.45) is 5.92 Å². The van der Waals surface area contributed by atoms with E-state index < -0.39 is 10.0 Å². The van der Waals surface area contributed by atoms with Crippen molar-refractivity contribution in [3.8, 4) is 0 Å². The van der Waals surface area contributed by atoms with Crippen molar-refractivity contribution in [1.82, 2.24) is 15.0 Å². The minimum atomic E-state index is -3.48. The van der Waals surface area contributed by atoms with Gasteiger partial charge in [0, 0.05) is 18.8 Å². The Hall–Kier alpha value is -0.980. The predicted octanol–water partition coefficient (Wildman–Crippen LogP) is 1.27. The number of sulfonamides is 1. The Balaban J connectivity index is 2.03. The number of nitrogens with zero attached hydrogens (tertiary/aromatic N) is 1. The molecule has 0 amide bonds. The van der Waals surface area contributed by atoms with Crippen LogP contribution in [-0.4, -0.2) is 26.0 Å². The van der Waals surface area contributed by atoms with Crippen molar-refractivity contribution in [1.29, 1.82) is 0 Å². The first-order chi connectivity index (χ1) is 9.03. The summed E-state index contributed by atoms with van der Waals surface area (Å²) in [5.74, 6) is 0.489. The van der Waals surface area contributed by atoms with Gasteiger partial charge < -0.3 is 5.32 Å². The summed E-state index contributed by atoms with van der Waals surface area (Å²) in [7, 11) is -3.48. The highest BCUT2D eigenvalue weighted by atomic mass is 32.2. The molecule has 1 aliphatic carbocycles. The first-order valence-corrected chi connectivity index (χ1v) is 8.19. The van der Waals surface area contributed by atoms with E-state index in [0.29, 0.717) is 12.5 Å². The van der Waals surface area contributed by atoms with E-state index in [4.69, 9.17) is 0 Å². The smallest absolute Gasteiger partial charge is 0.258 e. The molecule has 1 aromatic rings. The van der Waals surface area contributed by atoms with Gasteiger partial charge in [-0.05, 0) is 43.9 Å². The van der Waals surface area contributed by atoms with Crippen LogP contribution in [0.2, 0.25) is 0 Å². The van der Waals surface area contributed by atoms with Gasteiger partial charge in [0.05, 0.1) is 0 Å². The first-order valence-electron chi connectivity index (χ1n) is 6.71. The molecule has 0 saturated heterocycles. The Morgan fingerprint density at radius 3 is 2.68 bits per heavy atom. The monoisotopic (exact) mass is 283 g/mol. The molecule has 6 heteroatoms. The zero-order valence-corrected chi connectivity index (χ0v) is 12.2. The van der Waals surface area contributed by atoms with Gasteiger partial charge in [-0.3, -0.25) is 0 Å². The second-order valence-electron chi connectivity index (χ2n) is 5.03. The van der Waals surface area contributed by atoms with E-state index in [1.807, 2.05) is 13.8 Å². The number of nitrogens with one attached hydrogen (secondary N) is 2. The largest absolute Gasteiger partial charge is 0.313 e. The topological polar surface area (TPSA) is 71.1 Å². The summed E-state index contributed by atoms with van der Waals surface area (Å²) in [6.45, 7) is 5.51. The molecule has 0 bridgehead atoms. The highest BCUT2D eigenvalue weighted by Gasteiger charge is 2.31. The summed E-state index contributed by atoms with van der Waals surface area (Å²) < 4.78 is 26.9. The zero-order valence-electron chi connectivity index (χ0n) is 11.4. The summed E-state index contributed by atoms with van der Waals surface area (Å²) in [6, 6.07) is 3.36. The second-order valence-corrected chi connectivity index (χ2v) is 6.69. The normalized spacial score (nSPS) is 17.4. The van der Waals surface area contributed by atoms with Gasteiger partial charge in [-0.25, -0.2) is 18.1 Å². The first kappa shape index (κ1) is 14.4. The Labute approximate surface area is 114 Å². The van der Waals surface area contributed by atoms with E-state index in [9.17, 15) is 8.42 Å². The van der Waals surface area contributed by atoms with E-state index >= 15 is 0 Å². The van der Waals surface area contributed by atoms with E-state index in [1.165, 1.54) is 0 Å². The number of aromatic nitrogens is 1. The van der Waals surface area contributed by atoms with Crippen LogP contribution in [0, 0.1) is 5.92 Å². The lowest BCUT2D eigenvalue weighted by molar-refractivity contribution is 0.535. The van der Waals surface area contributed by atoms with Crippen LogP contribution in [0.4, 0.5) is 0 Å². The summed E-state index contributed by atoms with van der Waals surface area (Å²) in [5, 5.41) is 3.27. The van der Waals surface area contributed by atoms with Gasteiger partial charge in [0.25, 0.3) is 10.0 Å². The quantitative estimate of drug-likeness (QED) is 0.790. The third-order valence-electron chi connectivity index (χ3n) is 3.32. The van der Waals surface area contributed by atoms with Crippen molar-refractivity contribution in [3.63, 3.8) is 0 Å². The molecule has 2 rings (SSSR count). The van der Waals surface area contributed by atoms with Crippen molar-refractivity contribution in [2.75, 3.05) is 6.54 Å². The molecule has 1 aliphatic rings. The highest BCUT2D eigenvalue weighted by molar-refractivity contribution is 7.89. The van der Waals surface area contributed by atoms with Crippen LogP contribution in [0.1, 0.15) is 32.3 Å². The van der Waals surface area contributed by atoms with Crippen molar-refractivity contribution in [3.05, 3.63) is 23.9 Å². The van der Waals surface area contributed by atoms with Crippen LogP contribution in [-0.2, 0) is 16.6 Å². The molecule has 1 saturated carbocycles. The molecule has 0 aromatic carbocycles. The third-order valence-corrected chi connectivity index (χ3v) is 4.80. The highest BCUT2D eigenvalue weighted by Crippen LogP contribution is 2.32. The lowest BCUT2D eigenvalue weighted by Gasteiger charge is -2.12. The van der Waals surface area contributed by atoms with E-state index in [-0.39, 0.29) is 11.1 Å². The molecule has 1 aromatic heterocycles. The SMILES string of the molecule is CCNCc1ccc(S(=O)(=O)NC(C)C2CC2)nc1. The third kappa shape index (κ3) is 3.99. The van der Waals surface area contributed by atoms with Gasteiger partial charge in [-0.2, -0.15) is 0 Å². The molecule has 106 valence electrons. The van der Waals surface area contributed by atoms with Crippen LogP contribution in [0.3, 0.4) is 0 Å². The maximum absolute atomic E-state index is 12.1. The fourth-order valence-electron chi connectivity index (χ4n) is 1.94. The number of pyridine rings is 1. The van der Waals surface area contributed by atoms with Crippen molar-refractivity contribution >= 4 is 10.0 Å². The maximum atomic E-state index is 12.1. The lowest BCUT2D eigenvalue weighted by atomic mass is 10.2. The van der Waals surface area contributed by atoms with Gasteiger partial charge in [-0.15, -0.1) is 0 Å². The van der Waals surface area contributed by atoms with Crippen molar-refractivity contribution < 1.29 is 8.42 Å².